The van der Waals surface area contributed by atoms with Gasteiger partial charge in [0.05, 0.1) is 25.5 Å². The zero-order valence-electron chi connectivity index (χ0n) is 17.7. The van der Waals surface area contributed by atoms with Gasteiger partial charge in [-0.25, -0.2) is 4.79 Å². The number of carbonyl (C=O) groups excluding carboxylic acids is 3. The largest absolute Gasteiger partial charge is 0.493 e. The van der Waals surface area contributed by atoms with E-state index in [-0.39, 0.29) is 29.0 Å². The van der Waals surface area contributed by atoms with Gasteiger partial charge < -0.3 is 24.4 Å². The molecule has 0 heterocycles. The molecule has 0 aliphatic heterocycles. The monoisotopic (exact) mass is 406 g/mol. The zero-order chi connectivity index (χ0) is 21.6. The Morgan fingerprint density at radius 3 is 2.17 bits per heavy atom. The number of nitrogens with one attached hydrogen (secondary N) is 1. The van der Waals surface area contributed by atoms with Crippen LogP contribution in [0.4, 0.5) is 5.69 Å². The molecule has 29 heavy (non-hydrogen) atoms. The Labute approximate surface area is 171 Å². The fraction of sp³-hybridized carbons (Fsp3) is 0.571. The highest BCUT2D eigenvalue weighted by Gasteiger charge is 2.27. The Bertz CT molecular complexity index is 756. The van der Waals surface area contributed by atoms with Crippen molar-refractivity contribution in [2.24, 2.45) is 5.92 Å². The average molecular weight is 406 g/mol. The molecule has 0 spiro atoms. The number of hydrogen-bond acceptors (Lipinski definition) is 6. The van der Waals surface area contributed by atoms with E-state index in [1.54, 1.807) is 14.1 Å². The molecule has 160 valence electrons. The fourth-order valence-corrected chi connectivity index (χ4v) is 3.39. The lowest BCUT2D eigenvalue weighted by molar-refractivity contribution is -0.137. The molecule has 1 aromatic rings. The highest BCUT2D eigenvalue weighted by Crippen LogP contribution is 2.35. The summed E-state index contributed by atoms with van der Waals surface area (Å²) in [5.74, 6) is -0.598. The van der Waals surface area contributed by atoms with Crippen LogP contribution in [-0.4, -0.2) is 57.1 Å². The molecule has 1 aliphatic carbocycles. The zero-order valence-corrected chi connectivity index (χ0v) is 17.7. The van der Waals surface area contributed by atoms with E-state index in [0.29, 0.717) is 11.5 Å². The summed E-state index contributed by atoms with van der Waals surface area (Å²) in [6.07, 6.45) is 3.86. The van der Waals surface area contributed by atoms with Gasteiger partial charge in [-0.2, -0.15) is 0 Å². The minimum absolute atomic E-state index is 0.0880. The van der Waals surface area contributed by atoms with Crippen LogP contribution < -0.4 is 14.8 Å². The molecular weight excluding hydrogens is 376 g/mol. The summed E-state index contributed by atoms with van der Waals surface area (Å²) < 4.78 is 15.9. The lowest BCUT2D eigenvalue weighted by atomic mass is 9.88. The standard InChI is InChI=1S/C21H30N2O6/c1-13(20(25)23(2)3)29-21(26)15-11-17(27-4)18(28-5)12-16(15)22-19(24)14-9-7-6-8-10-14/h11-14H,6-10H2,1-5H3,(H,22,24)/t13-/m0/s1. The summed E-state index contributed by atoms with van der Waals surface area (Å²) in [5.41, 5.74) is 0.373. The van der Waals surface area contributed by atoms with Gasteiger partial charge in [0.25, 0.3) is 5.91 Å². The van der Waals surface area contributed by atoms with E-state index in [4.69, 9.17) is 14.2 Å². The van der Waals surface area contributed by atoms with E-state index >= 15 is 0 Å². The number of rotatable bonds is 7. The first-order valence-corrected chi connectivity index (χ1v) is 9.77. The van der Waals surface area contributed by atoms with Crippen molar-refractivity contribution in [1.29, 1.82) is 0 Å². The lowest BCUT2D eigenvalue weighted by Gasteiger charge is -2.22. The Hall–Kier alpha value is -2.77. The van der Waals surface area contributed by atoms with Crippen LogP contribution in [0.2, 0.25) is 0 Å². The van der Waals surface area contributed by atoms with Gasteiger partial charge >= 0.3 is 5.97 Å². The van der Waals surface area contributed by atoms with E-state index in [1.165, 1.54) is 38.2 Å². The van der Waals surface area contributed by atoms with E-state index in [9.17, 15) is 14.4 Å². The van der Waals surface area contributed by atoms with Crippen molar-refractivity contribution in [2.45, 2.75) is 45.1 Å². The van der Waals surface area contributed by atoms with E-state index in [1.807, 2.05) is 0 Å². The van der Waals surface area contributed by atoms with Crippen molar-refractivity contribution >= 4 is 23.5 Å². The smallest absolute Gasteiger partial charge is 0.341 e. The molecule has 1 fully saturated rings. The molecule has 1 N–H and O–H groups in total. The molecule has 8 heteroatoms. The van der Waals surface area contributed by atoms with Gasteiger partial charge in [0, 0.05) is 32.1 Å². The molecule has 1 aromatic carbocycles. The average Bonchev–Trinajstić information content (AvgIpc) is 2.72. The number of esters is 1. The number of likely N-dealkylation sites (N-methyl/N-ethyl adjacent to an activating group) is 1. The molecule has 2 amide bonds. The van der Waals surface area contributed by atoms with Gasteiger partial charge in [-0.1, -0.05) is 19.3 Å². The van der Waals surface area contributed by atoms with Crippen LogP contribution in [0, 0.1) is 5.92 Å². The number of nitrogens with zero attached hydrogens (tertiary/aromatic N) is 1. The second-order valence-corrected chi connectivity index (χ2v) is 7.36. The minimum Gasteiger partial charge on any atom is -0.493 e. The normalized spacial score (nSPS) is 15.2. The van der Waals surface area contributed by atoms with Crippen LogP contribution in [0.1, 0.15) is 49.4 Å². The van der Waals surface area contributed by atoms with Crippen molar-refractivity contribution in [3.05, 3.63) is 17.7 Å². The van der Waals surface area contributed by atoms with Crippen LogP contribution in [0.25, 0.3) is 0 Å². The first-order valence-electron chi connectivity index (χ1n) is 9.77. The van der Waals surface area contributed by atoms with Crippen molar-refractivity contribution in [2.75, 3.05) is 33.6 Å². The van der Waals surface area contributed by atoms with E-state index in [0.717, 1.165) is 32.1 Å². The Morgan fingerprint density at radius 1 is 1.03 bits per heavy atom. The van der Waals surface area contributed by atoms with E-state index in [2.05, 4.69) is 5.32 Å². The minimum atomic E-state index is -0.965. The van der Waals surface area contributed by atoms with Crippen LogP contribution in [0.5, 0.6) is 11.5 Å². The van der Waals surface area contributed by atoms with Gasteiger partial charge in [0.1, 0.15) is 0 Å². The Balaban J connectivity index is 2.31. The van der Waals surface area contributed by atoms with Crippen molar-refractivity contribution in [1.82, 2.24) is 4.90 Å². The van der Waals surface area contributed by atoms with Crippen molar-refractivity contribution in [3.63, 3.8) is 0 Å². The Morgan fingerprint density at radius 2 is 1.62 bits per heavy atom. The topological polar surface area (TPSA) is 94.2 Å². The summed E-state index contributed by atoms with van der Waals surface area (Å²) in [5, 5.41) is 2.84. The number of amides is 2. The number of ether oxygens (including phenoxy) is 3. The van der Waals surface area contributed by atoms with Crippen molar-refractivity contribution < 1.29 is 28.6 Å². The molecule has 0 bridgehead atoms. The molecule has 1 atom stereocenters. The summed E-state index contributed by atoms with van der Waals surface area (Å²) in [6.45, 7) is 1.50. The SMILES string of the molecule is COc1cc(NC(=O)C2CCCCC2)c(C(=O)O[C@@H](C)C(=O)N(C)C)cc1OC. The van der Waals surface area contributed by atoms with Gasteiger partial charge in [0.2, 0.25) is 5.91 Å². The summed E-state index contributed by atoms with van der Waals surface area (Å²) in [6, 6.07) is 2.99. The van der Waals surface area contributed by atoms with Crippen LogP contribution >= 0.6 is 0 Å². The number of anilines is 1. The molecular formula is C21H30N2O6. The van der Waals surface area contributed by atoms with Gasteiger partial charge in [0.15, 0.2) is 17.6 Å². The summed E-state index contributed by atoms with van der Waals surface area (Å²) >= 11 is 0. The highest BCUT2D eigenvalue weighted by molar-refractivity contribution is 6.03. The van der Waals surface area contributed by atoms with Gasteiger partial charge in [-0.3, -0.25) is 9.59 Å². The van der Waals surface area contributed by atoms with Crippen molar-refractivity contribution in [3.8, 4) is 11.5 Å². The number of methoxy groups -OCH3 is 2. The van der Waals surface area contributed by atoms with Gasteiger partial charge in [-0.05, 0) is 19.8 Å². The molecule has 1 saturated carbocycles. The van der Waals surface area contributed by atoms with E-state index < -0.39 is 12.1 Å². The second kappa shape index (κ2) is 10.1. The van der Waals surface area contributed by atoms with Crippen LogP contribution in [-0.2, 0) is 14.3 Å². The predicted octanol–water partition coefficient (Wildman–Crippen LogP) is 2.86. The second-order valence-electron chi connectivity index (χ2n) is 7.36. The summed E-state index contributed by atoms with van der Waals surface area (Å²) in [7, 11) is 6.09. The number of carbonyl (C=O) groups is 3. The molecule has 0 saturated heterocycles. The predicted molar refractivity (Wildman–Crippen MR) is 108 cm³/mol. The number of benzene rings is 1. The molecule has 0 radical (unpaired) electrons. The fourth-order valence-electron chi connectivity index (χ4n) is 3.39. The molecule has 0 unspecified atom stereocenters. The lowest BCUT2D eigenvalue weighted by Crippen LogP contribution is -2.35. The third-order valence-electron chi connectivity index (χ3n) is 5.05. The molecule has 1 aliphatic rings. The third kappa shape index (κ3) is 5.62. The first-order chi connectivity index (χ1) is 13.8. The molecule has 0 aromatic heterocycles. The van der Waals surface area contributed by atoms with Crippen LogP contribution in [0.15, 0.2) is 12.1 Å². The Kier molecular flexibility index (Phi) is 7.87. The molecule has 2 rings (SSSR count). The maximum atomic E-state index is 12.8. The third-order valence-corrected chi connectivity index (χ3v) is 5.05. The van der Waals surface area contributed by atoms with Crippen LogP contribution in [0.3, 0.4) is 0 Å². The maximum absolute atomic E-state index is 12.8. The summed E-state index contributed by atoms with van der Waals surface area (Å²) in [4.78, 5) is 38.9. The number of hydrogen-bond donors (Lipinski definition) is 1. The highest BCUT2D eigenvalue weighted by atomic mass is 16.5. The molecule has 8 nitrogen and oxygen atoms in total. The van der Waals surface area contributed by atoms with Gasteiger partial charge in [-0.15, -0.1) is 0 Å². The first kappa shape index (κ1) is 22.5. The quantitative estimate of drug-likeness (QED) is 0.700. The maximum Gasteiger partial charge on any atom is 0.341 e.